The summed E-state index contributed by atoms with van der Waals surface area (Å²) < 4.78 is 11.3. The van der Waals surface area contributed by atoms with Crippen LogP contribution in [0.4, 0.5) is 0 Å². The maximum atomic E-state index is 13.3. The van der Waals surface area contributed by atoms with E-state index in [1.165, 1.54) is 5.56 Å². The van der Waals surface area contributed by atoms with E-state index in [9.17, 15) is 14.4 Å². The van der Waals surface area contributed by atoms with Crippen LogP contribution >= 0.6 is 0 Å². The Bertz CT molecular complexity index is 1310. The number of hydrogen-bond donors (Lipinski definition) is 3. The van der Waals surface area contributed by atoms with Crippen LogP contribution in [0.1, 0.15) is 67.5 Å². The van der Waals surface area contributed by atoms with Gasteiger partial charge in [-0.1, -0.05) is 37.1 Å². The van der Waals surface area contributed by atoms with Crippen molar-refractivity contribution in [3.8, 4) is 5.75 Å². The summed E-state index contributed by atoms with van der Waals surface area (Å²) in [6, 6.07) is 13.2. The van der Waals surface area contributed by atoms with Crippen LogP contribution in [-0.2, 0) is 32.0 Å². The number of ether oxygens (including phenoxy) is 2. The van der Waals surface area contributed by atoms with Crippen LogP contribution in [0, 0.1) is 6.92 Å². The highest BCUT2D eigenvalue weighted by Gasteiger charge is 2.25. The van der Waals surface area contributed by atoms with Gasteiger partial charge < -0.3 is 29.9 Å². The van der Waals surface area contributed by atoms with Crippen molar-refractivity contribution < 1.29 is 23.9 Å². The molecule has 1 aliphatic heterocycles. The van der Waals surface area contributed by atoms with E-state index in [1.54, 1.807) is 14.0 Å². The zero-order chi connectivity index (χ0) is 27.8. The lowest BCUT2D eigenvalue weighted by atomic mass is 9.97. The highest BCUT2D eigenvalue weighted by atomic mass is 16.5. The van der Waals surface area contributed by atoms with Crippen molar-refractivity contribution in [2.45, 2.75) is 70.9 Å². The molecule has 0 bridgehead atoms. The van der Waals surface area contributed by atoms with Gasteiger partial charge in [-0.25, -0.2) is 0 Å². The molecule has 0 radical (unpaired) electrons. The normalized spacial score (nSPS) is 15.4. The van der Waals surface area contributed by atoms with Crippen molar-refractivity contribution in [2.75, 3.05) is 20.3 Å². The van der Waals surface area contributed by atoms with Gasteiger partial charge in [0.1, 0.15) is 23.7 Å². The molecule has 3 aromatic rings. The summed E-state index contributed by atoms with van der Waals surface area (Å²) in [5, 5.41) is 6.93. The third-order valence-corrected chi connectivity index (χ3v) is 7.39. The van der Waals surface area contributed by atoms with Crippen LogP contribution in [0.5, 0.6) is 5.75 Å². The van der Waals surface area contributed by atoms with E-state index in [2.05, 4.69) is 21.7 Å². The SMILES string of the molecule is COc1ccc2[nH]c(C)c(CC(=O)NC(CCCCCC(C)=O)C(=O)NCC3OCCc4ccccc43)c2c1. The van der Waals surface area contributed by atoms with E-state index < -0.39 is 6.04 Å². The van der Waals surface area contributed by atoms with Crippen molar-refractivity contribution >= 4 is 28.5 Å². The molecule has 8 nitrogen and oxygen atoms in total. The number of aromatic amines is 1. The lowest BCUT2D eigenvalue weighted by molar-refractivity contribution is -0.129. The van der Waals surface area contributed by atoms with Crippen molar-refractivity contribution in [2.24, 2.45) is 0 Å². The molecule has 0 fully saturated rings. The number of Topliss-reactive ketones (excluding diaryl/α,β-unsaturated/α-hetero) is 1. The molecule has 2 heterocycles. The first kappa shape index (κ1) is 28.4. The molecular formula is C31H39N3O5. The molecule has 208 valence electrons. The first-order valence-electron chi connectivity index (χ1n) is 13.8. The van der Waals surface area contributed by atoms with Crippen LogP contribution in [0.3, 0.4) is 0 Å². The number of methoxy groups -OCH3 is 1. The van der Waals surface area contributed by atoms with E-state index in [0.717, 1.165) is 59.2 Å². The van der Waals surface area contributed by atoms with Crippen molar-refractivity contribution in [1.82, 2.24) is 15.6 Å². The Labute approximate surface area is 229 Å². The summed E-state index contributed by atoms with van der Waals surface area (Å²) in [7, 11) is 1.61. The molecule has 0 saturated heterocycles. The number of aryl methyl sites for hydroxylation is 1. The van der Waals surface area contributed by atoms with Gasteiger partial charge in [-0.05, 0) is 68.0 Å². The third kappa shape index (κ3) is 7.47. The molecule has 0 saturated carbocycles. The summed E-state index contributed by atoms with van der Waals surface area (Å²) in [6.07, 6.45) is 4.15. The molecule has 1 aliphatic rings. The molecule has 2 aromatic carbocycles. The van der Waals surface area contributed by atoms with Crippen molar-refractivity contribution in [1.29, 1.82) is 0 Å². The minimum Gasteiger partial charge on any atom is -0.497 e. The van der Waals surface area contributed by atoms with Gasteiger partial charge in [0.15, 0.2) is 0 Å². The Kier molecular flexibility index (Phi) is 9.76. The molecule has 39 heavy (non-hydrogen) atoms. The predicted molar refractivity (Wildman–Crippen MR) is 151 cm³/mol. The van der Waals surface area contributed by atoms with Gasteiger partial charge in [0, 0.05) is 29.6 Å². The van der Waals surface area contributed by atoms with Gasteiger partial charge in [-0.2, -0.15) is 0 Å². The zero-order valence-corrected chi connectivity index (χ0v) is 23.1. The molecule has 1 aromatic heterocycles. The van der Waals surface area contributed by atoms with E-state index in [4.69, 9.17) is 9.47 Å². The van der Waals surface area contributed by atoms with Crippen LogP contribution in [0.15, 0.2) is 42.5 Å². The van der Waals surface area contributed by atoms with Crippen LogP contribution in [0.2, 0.25) is 0 Å². The fourth-order valence-electron chi connectivity index (χ4n) is 5.25. The molecule has 2 unspecified atom stereocenters. The number of ketones is 1. The van der Waals surface area contributed by atoms with Gasteiger partial charge in [0.05, 0.1) is 20.1 Å². The molecule has 8 heteroatoms. The average molecular weight is 534 g/mol. The number of carbonyl (C=O) groups excluding carboxylic acids is 3. The zero-order valence-electron chi connectivity index (χ0n) is 23.1. The summed E-state index contributed by atoms with van der Waals surface area (Å²) >= 11 is 0. The molecule has 2 amide bonds. The number of unbranched alkanes of at least 4 members (excludes halogenated alkanes) is 2. The molecule has 3 N–H and O–H groups in total. The quantitative estimate of drug-likeness (QED) is 0.281. The second kappa shape index (κ2) is 13.4. The lowest BCUT2D eigenvalue weighted by Gasteiger charge is -2.27. The second-order valence-corrected chi connectivity index (χ2v) is 10.3. The van der Waals surface area contributed by atoms with Gasteiger partial charge in [-0.3, -0.25) is 9.59 Å². The first-order valence-corrected chi connectivity index (χ1v) is 13.8. The number of hydrogen-bond acceptors (Lipinski definition) is 5. The third-order valence-electron chi connectivity index (χ3n) is 7.39. The van der Waals surface area contributed by atoms with E-state index >= 15 is 0 Å². The summed E-state index contributed by atoms with van der Waals surface area (Å²) in [4.78, 5) is 41.1. The summed E-state index contributed by atoms with van der Waals surface area (Å²) in [5.74, 6) is 0.442. The molecule has 2 atom stereocenters. The number of aromatic nitrogens is 1. The minimum absolute atomic E-state index is 0.145. The van der Waals surface area contributed by atoms with Crippen LogP contribution < -0.4 is 15.4 Å². The van der Waals surface area contributed by atoms with Gasteiger partial charge in [-0.15, -0.1) is 0 Å². The Morgan fingerprint density at radius 2 is 1.95 bits per heavy atom. The molecule has 0 spiro atoms. The van der Waals surface area contributed by atoms with E-state index in [0.29, 0.717) is 26.0 Å². The standard InChI is InChI=1S/C31H39N3O5/c1-20(35)9-5-4-6-12-28(31(37)32-19-29-24-11-8-7-10-22(24)15-16-39-29)34-30(36)18-25-21(2)33-27-14-13-23(38-3)17-26(25)27/h7-8,10-11,13-14,17,28-29,33H,4-6,9,12,15-16,18-19H2,1-3H3,(H,32,37)(H,34,36). The Morgan fingerprint density at radius 1 is 1.13 bits per heavy atom. The smallest absolute Gasteiger partial charge is 0.242 e. The summed E-state index contributed by atoms with van der Waals surface area (Å²) in [6.45, 7) is 4.48. The molecular weight excluding hydrogens is 494 g/mol. The van der Waals surface area contributed by atoms with Gasteiger partial charge in [0.25, 0.3) is 0 Å². The lowest BCUT2D eigenvalue weighted by Crippen LogP contribution is -2.48. The van der Waals surface area contributed by atoms with Crippen LogP contribution in [-0.4, -0.2) is 48.9 Å². The monoisotopic (exact) mass is 533 g/mol. The van der Waals surface area contributed by atoms with Crippen molar-refractivity contribution in [3.05, 3.63) is 64.8 Å². The van der Waals surface area contributed by atoms with E-state index in [1.807, 2.05) is 43.3 Å². The van der Waals surface area contributed by atoms with Gasteiger partial charge in [0.2, 0.25) is 11.8 Å². The maximum absolute atomic E-state index is 13.3. The largest absolute Gasteiger partial charge is 0.497 e. The number of benzene rings is 2. The fraction of sp³-hybridized carbons (Fsp3) is 0.452. The second-order valence-electron chi connectivity index (χ2n) is 10.3. The Balaban J connectivity index is 1.42. The highest BCUT2D eigenvalue weighted by molar-refractivity contribution is 5.93. The minimum atomic E-state index is -0.672. The number of nitrogens with one attached hydrogen (secondary N) is 3. The Morgan fingerprint density at radius 3 is 2.74 bits per heavy atom. The molecule has 4 rings (SSSR count). The molecule has 0 aliphatic carbocycles. The van der Waals surface area contributed by atoms with Crippen LogP contribution in [0.25, 0.3) is 10.9 Å². The number of fused-ring (bicyclic) bond motifs is 2. The Hall–Kier alpha value is -3.65. The number of H-pyrrole nitrogens is 1. The van der Waals surface area contributed by atoms with Crippen molar-refractivity contribution in [3.63, 3.8) is 0 Å². The number of amides is 2. The van der Waals surface area contributed by atoms with E-state index in [-0.39, 0.29) is 30.1 Å². The summed E-state index contributed by atoms with van der Waals surface area (Å²) in [5.41, 5.74) is 5.06. The predicted octanol–water partition coefficient (Wildman–Crippen LogP) is 4.48. The average Bonchev–Trinajstić information content (AvgIpc) is 3.24. The topological polar surface area (TPSA) is 110 Å². The maximum Gasteiger partial charge on any atom is 0.242 e. The number of carbonyl (C=O) groups is 3. The fourth-order valence-corrected chi connectivity index (χ4v) is 5.25. The van der Waals surface area contributed by atoms with Gasteiger partial charge >= 0.3 is 0 Å². The first-order chi connectivity index (χ1) is 18.9. The highest BCUT2D eigenvalue weighted by Crippen LogP contribution is 2.28. The number of rotatable bonds is 13.